The minimum Gasteiger partial charge on any atom is -1.00 e. The Labute approximate surface area is 108 Å². The summed E-state index contributed by atoms with van der Waals surface area (Å²) in [5.74, 6) is 0. The van der Waals surface area contributed by atoms with Crippen molar-refractivity contribution in [2.45, 2.75) is 20.8 Å². The average Bonchev–Trinajstić information content (AvgIpc) is 1.97. The number of hydrogen-bond acceptors (Lipinski definition) is 4. The minimum atomic E-state index is -4.94. The Morgan fingerprint density at radius 3 is 1.73 bits per heavy atom. The van der Waals surface area contributed by atoms with E-state index in [0.29, 0.717) is 0 Å². The molecule has 0 radical (unpaired) electrons. The maximum Gasteiger partial charge on any atom is 0.179 e. The number of aryl methyl sites for hydroxylation is 2. The lowest BCUT2D eigenvalue weighted by Gasteiger charge is -2.17. The van der Waals surface area contributed by atoms with Gasteiger partial charge in [0.05, 0.1) is 0 Å². The number of aromatic amines is 1. The van der Waals surface area contributed by atoms with Crippen molar-refractivity contribution in [2.75, 3.05) is 0 Å². The van der Waals surface area contributed by atoms with Gasteiger partial charge >= 0.3 is 0 Å². The normalized spacial score (nSPS) is 9.80. The summed E-state index contributed by atoms with van der Waals surface area (Å²) in [6.07, 6.45) is 1.97. The van der Waals surface area contributed by atoms with Crippen LogP contribution in [0.3, 0.4) is 0 Å². The Morgan fingerprint density at radius 1 is 1.07 bits per heavy atom. The van der Waals surface area contributed by atoms with E-state index in [2.05, 4.69) is 31.8 Å². The molecule has 1 N–H and O–H groups in total. The lowest BCUT2D eigenvalue weighted by Crippen LogP contribution is -3.00. The first-order valence-corrected chi connectivity index (χ1v) is 5.01. The van der Waals surface area contributed by atoms with E-state index in [1.165, 1.54) is 16.8 Å². The summed E-state index contributed by atoms with van der Waals surface area (Å²) in [6.45, 7) is 6.33. The maximum absolute atomic E-state index is 8.49. The van der Waals surface area contributed by atoms with Gasteiger partial charge in [-0.2, -0.15) is 0 Å². The molecule has 5 nitrogen and oxygen atoms in total. The summed E-state index contributed by atoms with van der Waals surface area (Å²) in [5, 5.41) is 0. The Kier molecular flexibility index (Phi) is 8.48. The molecule has 0 spiro atoms. The van der Waals surface area contributed by atoms with Crippen molar-refractivity contribution in [3.05, 3.63) is 29.1 Å². The molecule has 88 valence electrons. The van der Waals surface area contributed by atoms with Crippen molar-refractivity contribution in [3.8, 4) is 0 Å². The number of aromatic nitrogens is 1. The van der Waals surface area contributed by atoms with Crippen LogP contribution in [0.4, 0.5) is 0 Å². The number of H-pyrrole nitrogens is 1. The summed E-state index contributed by atoms with van der Waals surface area (Å²) >= 11 is 0. The molecule has 0 saturated heterocycles. The summed E-state index contributed by atoms with van der Waals surface area (Å²) in [7, 11) is -4.94. The van der Waals surface area contributed by atoms with Crippen molar-refractivity contribution < 1.29 is 57.8 Å². The van der Waals surface area contributed by atoms with Crippen molar-refractivity contribution in [1.29, 1.82) is 0 Å². The molecule has 1 rings (SSSR count). The van der Waals surface area contributed by atoms with Crippen LogP contribution in [0.15, 0.2) is 12.3 Å². The van der Waals surface area contributed by atoms with Crippen molar-refractivity contribution in [3.63, 3.8) is 0 Å². The molecule has 7 heteroatoms. The van der Waals surface area contributed by atoms with Gasteiger partial charge in [0.1, 0.15) is 0 Å². The largest absolute Gasteiger partial charge is 1.00 e. The molecule has 0 aliphatic carbocycles. The van der Waals surface area contributed by atoms with Crippen LogP contribution in [0.5, 0.6) is 0 Å². The van der Waals surface area contributed by atoms with Gasteiger partial charge in [0.15, 0.2) is 11.9 Å². The fourth-order valence-corrected chi connectivity index (χ4v) is 0.821. The third-order valence-corrected chi connectivity index (χ3v) is 1.79. The average molecular weight is 349 g/mol. The van der Waals surface area contributed by atoms with Crippen molar-refractivity contribution in [2.24, 2.45) is 0 Å². The third kappa shape index (κ3) is 10.3. The van der Waals surface area contributed by atoms with E-state index < -0.39 is 10.2 Å². The standard InChI is InChI=1S/C8H11N.ClHO4.HI/c1-6-4-5-9-8(3)7(6)2;2-1(3,4)5;/h4-5H,1-3H3;(H,2,3,4,5);1H/p-1. The van der Waals surface area contributed by atoms with Crippen LogP contribution in [0.25, 0.3) is 0 Å². The molecule has 0 saturated carbocycles. The van der Waals surface area contributed by atoms with E-state index in [1.807, 2.05) is 6.20 Å². The molecule has 0 fully saturated rings. The van der Waals surface area contributed by atoms with Gasteiger partial charge in [-0.15, -0.1) is 10.2 Å². The number of nitrogens with one attached hydrogen (secondary N) is 1. The van der Waals surface area contributed by atoms with E-state index in [0.717, 1.165) is 0 Å². The first kappa shape index (κ1) is 17.4. The van der Waals surface area contributed by atoms with Gasteiger partial charge in [0.25, 0.3) is 0 Å². The number of pyridine rings is 1. The summed E-state index contributed by atoms with van der Waals surface area (Å²) in [5.41, 5.74) is 3.97. The molecule has 0 aromatic carbocycles. The zero-order valence-electron chi connectivity index (χ0n) is 8.54. The zero-order valence-corrected chi connectivity index (χ0v) is 11.5. The van der Waals surface area contributed by atoms with Crippen LogP contribution >= 0.6 is 0 Å². The molecule has 15 heavy (non-hydrogen) atoms. The van der Waals surface area contributed by atoms with E-state index in [4.69, 9.17) is 18.6 Å². The van der Waals surface area contributed by atoms with Crippen LogP contribution < -0.4 is 47.6 Å². The van der Waals surface area contributed by atoms with Crippen LogP contribution in [0, 0.1) is 31.0 Å². The molecule has 0 unspecified atom stereocenters. The van der Waals surface area contributed by atoms with Crippen LogP contribution in [-0.4, -0.2) is 0 Å². The topological polar surface area (TPSA) is 106 Å². The van der Waals surface area contributed by atoms with Crippen LogP contribution in [-0.2, 0) is 0 Å². The quantitative estimate of drug-likeness (QED) is 0.435. The van der Waals surface area contributed by atoms with Gasteiger partial charge in [-0.1, -0.05) is 0 Å². The fraction of sp³-hybridized carbons (Fsp3) is 0.375. The predicted molar refractivity (Wildman–Crippen MR) is 37.2 cm³/mol. The number of halogens is 2. The SMILES string of the molecule is Cc1cc[nH+]c(C)c1C.[I-].[O-][Cl+3]([O-])([O-])[O-]. The highest BCUT2D eigenvalue weighted by Crippen LogP contribution is 2.04. The van der Waals surface area contributed by atoms with Gasteiger partial charge in [-0.25, -0.2) is 23.6 Å². The Hall–Kier alpha value is 0.01000. The monoisotopic (exact) mass is 348 g/mol. The highest BCUT2D eigenvalue weighted by molar-refractivity contribution is 5.22. The van der Waals surface area contributed by atoms with E-state index in [-0.39, 0.29) is 24.0 Å². The number of hydrogen-bond donors (Lipinski definition) is 0. The number of rotatable bonds is 0. The first-order chi connectivity index (χ1) is 6.22. The summed E-state index contributed by atoms with van der Waals surface area (Å²) in [6, 6.07) is 2.09. The van der Waals surface area contributed by atoms with E-state index >= 15 is 0 Å². The third-order valence-electron chi connectivity index (χ3n) is 1.79. The highest BCUT2D eigenvalue weighted by atomic mass is 127. The van der Waals surface area contributed by atoms with Gasteiger partial charge < -0.3 is 24.0 Å². The van der Waals surface area contributed by atoms with Crippen molar-refractivity contribution >= 4 is 0 Å². The highest BCUT2D eigenvalue weighted by Gasteiger charge is 1.99. The Bertz CT molecular complexity index is 277. The van der Waals surface area contributed by atoms with E-state index in [1.54, 1.807) is 0 Å². The molecule has 1 aromatic heterocycles. The minimum absolute atomic E-state index is 0. The Balaban J connectivity index is 0. The molecular weight excluding hydrogens is 336 g/mol. The van der Waals surface area contributed by atoms with Crippen LogP contribution in [0.2, 0.25) is 0 Å². The van der Waals surface area contributed by atoms with Gasteiger partial charge in [-0.3, -0.25) is 0 Å². The molecular formula is C8H12ClINO4-. The Morgan fingerprint density at radius 2 is 1.47 bits per heavy atom. The lowest BCUT2D eigenvalue weighted by atomic mass is 10.1. The second-order valence-electron chi connectivity index (χ2n) is 2.79. The maximum atomic E-state index is 8.49. The van der Waals surface area contributed by atoms with E-state index in [9.17, 15) is 0 Å². The molecule has 1 heterocycles. The molecule has 0 atom stereocenters. The first-order valence-electron chi connectivity index (χ1n) is 3.78. The van der Waals surface area contributed by atoms with Crippen molar-refractivity contribution in [1.82, 2.24) is 0 Å². The molecule has 0 aliphatic rings. The second-order valence-corrected chi connectivity index (χ2v) is 3.54. The molecule has 0 bridgehead atoms. The van der Waals surface area contributed by atoms with Crippen LogP contribution in [0.1, 0.15) is 16.8 Å². The fourth-order valence-electron chi connectivity index (χ4n) is 0.821. The lowest BCUT2D eigenvalue weighted by molar-refractivity contribution is -2.00. The molecule has 0 amide bonds. The summed E-state index contributed by atoms with van der Waals surface area (Å²) < 4.78 is 34.0. The smallest absolute Gasteiger partial charge is 0.179 e. The van der Waals surface area contributed by atoms with Gasteiger partial charge in [0, 0.05) is 18.6 Å². The molecule has 0 aliphatic heterocycles. The van der Waals surface area contributed by atoms with Gasteiger partial charge in [-0.05, 0) is 19.4 Å². The second kappa shape index (κ2) is 7.31. The molecule has 1 aromatic rings. The zero-order chi connectivity index (χ0) is 11.4. The van der Waals surface area contributed by atoms with Gasteiger partial charge in [0.2, 0.25) is 0 Å². The predicted octanol–water partition coefficient (Wildman–Crippen LogP) is -6.33. The summed E-state index contributed by atoms with van der Waals surface area (Å²) in [4.78, 5) is 3.14.